The molecule has 3 N–H and O–H groups in total. The van der Waals surface area contributed by atoms with Crippen molar-refractivity contribution in [2.24, 2.45) is 10.7 Å². The van der Waals surface area contributed by atoms with Gasteiger partial charge in [0.15, 0.2) is 5.17 Å². The SMILES string of the molecule is C=CCN1C(=C)c2cc(-c3ccccc3)sc2N=C1SCC(=C)Nc1sc(CC)c(CC)c1C(=C)N. The van der Waals surface area contributed by atoms with Gasteiger partial charge < -0.3 is 16.0 Å². The number of benzene rings is 1. The smallest absolute Gasteiger partial charge is 0.170 e. The van der Waals surface area contributed by atoms with Gasteiger partial charge in [0.2, 0.25) is 0 Å². The van der Waals surface area contributed by atoms with E-state index >= 15 is 0 Å². The molecule has 4 rings (SSSR count). The fraction of sp³-hybridized carbons (Fsp3) is 0.207. The van der Waals surface area contributed by atoms with Gasteiger partial charge in [-0.15, -0.1) is 29.3 Å². The zero-order valence-electron chi connectivity index (χ0n) is 20.9. The topological polar surface area (TPSA) is 53.6 Å². The van der Waals surface area contributed by atoms with Gasteiger partial charge in [-0.2, -0.15) is 0 Å². The fourth-order valence-electron chi connectivity index (χ4n) is 4.20. The highest BCUT2D eigenvalue weighted by molar-refractivity contribution is 8.14. The molecule has 2 aromatic heterocycles. The Kier molecular flexibility index (Phi) is 8.24. The van der Waals surface area contributed by atoms with E-state index in [1.54, 1.807) is 34.4 Å². The molecule has 1 aliphatic heterocycles. The van der Waals surface area contributed by atoms with Crippen LogP contribution in [0.5, 0.6) is 0 Å². The second kappa shape index (κ2) is 11.4. The second-order valence-corrected chi connectivity index (χ2v) is 11.5. The summed E-state index contributed by atoms with van der Waals surface area (Å²) in [6.07, 6.45) is 3.78. The highest BCUT2D eigenvalue weighted by Gasteiger charge is 2.26. The van der Waals surface area contributed by atoms with Crippen LogP contribution < -0.4 is 11.1 Å². The first-order valence-electron chi connectivity index (χ1n) is 11.9. The Labute approximate surface area is 226 Å². The molecular formula is C29H32N4S3. The molecule has 0 saturated heterocycles. The molecule has 0 aliphatic carbocycles. The molecule has 0 saturated carbocycles. The number of amidine groups is 1. The maximum Gasteiger partial charge on any atom is 0.170 e. The summed E-state index contributed by atoms with van der Waals surface area (Å²) in [4.78, 5) is 9.68. The van der Waals surface area contributed by atoms with Crippen LogP contribution in [-0.2, 0) is 12.8 Å². The average Bonchev–Trinajstić information content (AvgIpc) is 3.46. The maximum atomic E-state index is 6.18. The Balaban J connectivity index is 1.55. The van der Waals surface area contributed by atoms with Crippen molar-refractivity contribution >= 4 is 61.0 Å². The number of aliphatic imine (C=N–C) groups is 1. The molecule has 7 heteroatoms. The maximum absolute atomic E-state index is 6.18. The third kappa shape index (κ3) is 5.24. The summed E-state index contributed by atoms with van der Waals surface area (Å²) < 4.78 is 0. The van der Waals surface area contributed by atoms with Crippen molar-refractivity contribution in [2.45, 2.75) is 26.7 Å². The van der Waals surface area contributed by atoms with Gasteiger partial charge in [0.1, 0.15) is 10.0 Å². The Hall–Kier alpha value is -3.00. The average molecular weight is 533 g/mol. The molecule has 0 fully saturated rings. The number of nitrogens with one attached hydrogen (secondary N) is 1. The van der Waals surface area contributed by atoms with Gasteiger partial charge in [0, 0.05) is 50.3 Å². The first-order chi connectivity index (χ1) is 17.4. The second-order valence-electron chi connectivity index (χ2n) is 8.39. The lowest BCUT2D eigenvalue weighted by atomic mass is 10.0. The lowest BCUT2D eigenvalue weighted by Gasteiger charge is -2.29. The normalized spacial score (nSPS) is 12.8. The van der Waals surface area contributed by atoms with Gasteiger partial charge in [0.25, 0.3) is 0 Å². The van der Waals surface area contributed by atoms with E-state index in [0.29, 0.717) is 18.0 Å². The number of thioether (sulfide) groups is 1. The number of hydrogen-bond donors (Lipinski definition) is 2. The largest absolute Gasteiger partial charge is 0.399 e. The molecule has 1 aliphatic rings. The zero-order chi connectivity index (χ0) is 25.8. The Morgan fingerprint density at radius 3 is 2.56 bits per heavy atom. The number of aryl methyl sites for hydroxylation is 1. The van der Waals surface area contributed by atoms with E-state index in [0.717, 1.165) is 50.5 Å². The molecule has 0 atom stereocenters. The summed E-state index contributed by atoms with van der Waals surface area (Å²) >= 11 is 5.08. The van der Waals surface area contributed by atoms with Crippen molar-refractivity contribution in [1.82, 2.24) is 4.90 Å². The summed E-state index contributed by atoms with van der Waals surface area (Å²) in [5.74, 6) is 0.656. The lowest BCUT2D eigenvalue weighted by Crippen LogP contribution is -2.29. The van der Waals surface area contributed by atoms with Crippen molar-refractivity contribution in [3.8, 4) is 10.4 Å². The van der Waals surface area contributed by atoms with Crippen LogP contribution in [0.25, 0.3) is 21.8 Å². The first-order valence-corrected chi connectivity index (χ1v) is 14.5. The Morgan fingerprint density at radius 1 is 1.17 bits per heavy atom. The van der Waals surface area contributed by atoms with Crippen LogP contribution in [0, 0.1) is 0 Å². The van der Waals surface area contributed by atoms with E-state index in [-0.39, 0.29) is 0 Å². The standard InChI is InChI=1S/C29H32N4S3/c1-7-15-33-20(6)23-16-25(21-13-11-10-12-14-21)36-27(23)32-29(33)34-17-18(4)31-28-26(19(5)30)22(8-2)24(9-3)35-28/h7,10-14,16,31H,1,4-6,8-9,15,17,30H2,2-3H3. The lowest BCUT2D eigenvalue weighted by molar-refractivity contribution is 0.661. The van der Waals surface area contributed by atoms with Crippen LogP contribution in [0.3, 0.4) is 0 Å². The van der Waals surface area contributed by atoms with Crippen molar-refractivity contribution in [1.29, 1.82) is 0 Å². The molecule has 0 spiro atoms. The number of hydrogen-bond acceptors (Lipinski definition) is 7. The molecule has 0 amide bonds. The van der Waals surface area contributed by atoms with Crippen LogP contribution in [0.1, 0.15) is 35.4 Å². The van der Waals surface area contributed by atoms with Crippen LogP contribution in [-0.4, -0.2) is 22.4 Å². The van der Waals surface area contributed by atoms with Gasteiger partial charge in [0.05, 0.1) is 0 Å². The number of fused-ring (bicyclic) bond motifs is 1. The summed E-state index contributed by atoms with van der Waals surface area (Å²) in [6, 6.07) is 12.6. The molecular weight excluding hydrogens is 501 g/mol. The van der Waals surface area contributed by atoms with Crippen molar-refractivity contribution in [3.63, 3.8) is 0 Å². The molecule has 3 aromatic rings. The molecule has 0 bridgehead atoms. The van der Waals surface area contributed by atoms with E-state index in [9.17, 15) is 0 Å². The van der Waals surface area contributed by atoms with Gasteiger partial charge >= 0.3 is 0 Å². The quantitative estimate of drug-likeness (QED) is 0.258. The van der Waals surface area contributed by atoms with Gasteiger partial charge in [-0.25, -0.2) is 4.99 Å². The van der Waals surface area contributed by atoms with Crippen LogP contribution in [0.4, 0.5) is 10.0 Å². The predicted molar refractivity (Wildman–Crippen MR) is 164 cm³/mol. The number of anilines is 1. The van der Waals surface area contributed by atoms with Gasteiger partial charge in [-0.05, 0) is 30.0 Å². The molecule has 36 heavy (non-hydrogen) atoms. The number of thiophene rings is 2. The van der Waals surface area contributed by atoms with Gasteiger partial charge in [-0.1, -0.05) is 81.8 Å². The Morgan fingerprint density at radius 2 is 1.92 bits per heavy atom. The molecule has 1 aromatic carbocycles. The third-order valence-corrected chi connectivity index (χ3v) is 9.33. The number of nitrogens with zero attached hydrogens (tertiary/aromatic N) is 2. The first kappa shape index (κ1) is 26.1. The Bertz CT molecular complexity index is 1340. The monoisotopic (exact) mass is 532 g/mol. The minimum atomic E-state index is 0.593. The van der Waals surface area contributed by atoms with Crippen LogP contribution in [0.15, 0.2) is 79.5 Å². The number of nitrogens with two attached hydrogens (primary N) is 1. The molecule has 3 heterocycles. The van der Waals surface area contributed by atoms with Crippen LogP contribution in [0.2, 0.25) is 0 Å². The highest BCUT2D eigenvalue weighted by atomic mass is 32.2. The minimum Gasteiger partial charge on any atom is -0.399 e. The zero-order valence-corrected chi connectivity index (χ0v) is 23.3. The van der Waals surface area contributed by atoms with E-state index in [1.807, 2.05) is 12.1 Å². The van der Waals surface area contributed by atoms with E-state index in [4.69, 9.17) is 10.7 Å². The van der Waals surface area contributed by atoms with Crippen LogP contribution >= 0.6 is 34.4 Å². The van der Waals surface area contributed by atoms with Gasteiger partial charge in [-0.3, -0.25) is 0 Å². The summed E-state index contributed by atoms with van der Waals surface area (Å²) in [5, 5.41) is 6.42. The molecule has 4 nitrogen and oxygen atoms in total. The minimum absolute atomic E-state index is 0.593. The molecule has 0 unspecified atom stereocenters. The molecule has 0 radical (unpaired) electrons. The fourth-order valence-corrected chi connectivity index (χ4v) is 7.50. The molecule has 186 valence electrons. The summed E-state index contributed by atoms with van der Waals surface area (Å²) in [6.45, 7) is 21.6. The predicted octanol–water partition coefficient (Wildman–Crippen LogP) is 8.35. The number of rotatable bonds is 10. The van der Waals surface area contributed by atoms with Crippen molar-refractivity contribution in [2.75, 3.05) is 17.6 Å². The third-order valence-electron chi connectivity index (χ3n) is 5.90. The summed E-state index contributed by atoms with van der Waals surface area (Å²) in [5.41, 5.74) is 13.2. The van der Waals surface area contributed by atoms with Crippen molar-refractivity contribution in [3.05, 3.63) is 96.1 Å². The van der Waals surface area contributed by atoms with E-state index in [1.165, 1.54) is 20.9 Å². The summed E-state index contributed by atoms with van der Waals surface area (Å²) in [7, 11) is 0. The van der Waals surface area contributed by atoms with Crippen molar-refractivity contribution < 1.29 is 0 Å². The van der Waals surface area contributed by atoms with E-state index in [2.05, 4.69) is 80.7 Å². The highest BCUT2D eigenvalue weighted by Crippen LogP contribution is 2.45. The van der Waals surface area contributed by atoms with E-state index < -0.39 is 0 Å².